The molecule has 0 bridgehead atoms. The number of halogens is 7. The fourth-order valence-corrected chi connectivity index (χ4v) is 14.9. The molecule has 6 N–H and O–H groups in total. The number of hydrogen-bond acceptors (Lipinski definition) is 20. The maximum Gasteiger partial charge on any atom is 0.408 e. The Morgan fingerprint density at radius 1 is 0.365 bits per heavy atom. The Hall–Kier alpha value is -16.0. The molecular formula is C115H121F7N14O12. The minimum atomic E-state index is -4.47. The SMILES string of the molecule is CC(C)(C)CCNC(=O)c1ccc(COc2cc(F)cc(F)c2)nc1.CC(C)CNC(=O)c1ccc(COc2ccccc2)nc1.C[C@@H](NC(=O)c1ccc(COc2ccc(C#N)cc2)nc1)C1CCCCC1.Cc1ccc(NC(=O)c2ccc(COc3ccccc3)nc2)nc1.O=C(NC(C1CC1)C(F)(F)F)c1ccc(COc2cccc(F)c2)nc1.O=C(NC(C1CC1)C1CC1)c1ccc(COc2cccc(F)c2)nc1. The lowest BCUT2D eigenvalue weighted by Crippen LogP contribution is -2.46. The number of aryl methyl sites for hydroxylation is 1. The molecule has 0 saturated heterocycles. The van der Waals surface area contributed by atoms with Crippen molar-refractivity contribution < 1.29 is 87.9 Å². The van der Waals surface area contributed by atoms with Crippen LogP contribution < -0.4 is 60.3 Å². The summed E-state index contributed by atoms with van der Waals surface area (Å²) in [6.45, 7) is 17.1. The second kappa shape index (κ2) is 55.9. The average Bonchev–Trinajstić information content (AvgIpc) is 1.65. The molecule has 1 unspecified atom stereocenters. The normalized spacial score (nSPS) is 13.4. The van der Waals surface area contributed by atoms with Gasteiger partial charge in [-0.1, -0.05) is 108 Å². The number of carbonyl (C=O) groups excluding carboxylic acids is 6. The highest BCUT2D eigenvalue weighted by atomic mass is 19.4. The summed E-state index contributed by atoms with van der Waals surface area (Å²) in [6.07, 6.45) is 19.1. The minimum absolute atomic E-state index is 0.0365. The Kier molecular flexibility index (Phi) is 41.8. The van der Waals surface area contributed by atoms with E-state index in [9.17, 15) is 59.5 Å². The summed E-state index contributed by atoms with van der Waals surface area (Å²) in [5.74, 6) is 1.83. The van der Waals surface area contributed by atoms with E-state index in [1.165, 1.54) is 119 Å². The van der Waals surface area contributed by atoms with Crippen molar-refractivity contribution in [3.8, 4) is 40.6 Å². The van der Waals surface area contributed by atoms with Crippen LogP contribution in [0.1, 0.15) is 226 Å². The zero-order valence-corrected chi connectivity index (χ0v) is 83.4. The summed E-state index contributed by atoms with van der Waals surface area (Å²) < 4.78 is 124. The number of para-hydroxylation sites is 2. The van der Waals surface area contributed by atoms with Crippen LogP contribution in [0.25, 0.3) is 0 Å². The predicted octanol–water partition coefficient (Wildman–Crippen LogP) is 22.6. The van der Waals surface area contributed by atoms with Crippen molar-refractivity contribution in [2.24, 2.45) is 35.0 Å². The predicted molar refractivity (Wildman–Crippen MR) is 545 cm³/mol. The van der Waals surface area contributed by atoms with Crippen LogP contribution in [-0.4, -0.2) is 108 Å². The van der Waals surface area contributed by atoms with Gasteiger partial charge in [0.15, 0.2) is 0 Å². The highest BCUT2D eigenvalue weighted by molar-refractivity contribution is 6.03. The molecule has 7 heterocycles. The first-order chi connectivity index (χ1) is 71.2. The van der Waals surface area contributed by atoms with Crippen LogP contribution in [0.5, 0.6) is 34.5 Å². The van der Waals surface area contributed by atoms with Crippen molar-refractivity contribution in [1.29, 1.82) is 5.26 Å². The molecule has 4 saturated carbocycles. The number of amides is 6. The number of ether oxygens (including phenoxy) is 6. The fourth-order valence-electron chi connectivity index (χ4n) is 14.9. The molecule has 26 nitrogen and oxygen atoms in total. The number of nitrogens with one attached hydrogen (secondary N) is 6. The molecule has 4 aliphatic rings. The topological polar surface area (TPSA) is 344 Å². The Balaban J connectivity index is 0.000000158. The number of anilines is 1. The first-order valence-electron chi connectivity index (χ1n) is 49.1. The van der Waals surface area contributed by atoms with Gasteiger partial charge in [-0.15, -0.1) is 0 Å². The number of pyridine rings is 7. The van der Waals surface area contributed by atoms with E-state index < -0.39 is 41.5 Å². The highest BCUT2D eigenvalue weighted by Gasteiger charge is 2.50. The molecule has 772 valence electrons. The van der Waals surface area contributed by atoms with E-state index in [4.69, 9.17) is 33.7 Å². The molecule has 4 fully saturated rings. The van der Waals surface area contributed by atoms with Crippen molar-refractivity contribution in [3.05, 3.63) is 382 Å². The van der Waals surface area contributed by atoms with E-state index >= 15 is 0 Å². The molecule has 17 rings (SSSR count). The number of rotatable bonds is 36. The number of nitrogens with zero attached hydrogens (tertiary/aromatic N) is 8. The van der Waals surface area contributed by atoms with Crippen LogP contribution in [0.3, 0.4) is 0 Å². The maximum absolute atomic E-state index is 13.1. The van der Waals surface area contributed by atoms with Gasteiger partial charge < -0.3 is 60.3 Å². The molecular weight excluding hydrogens is 1900 g/mol. The number of aromatic nitrogens is 7. The van der Waals surface area contributed by atoms with Crippen molar-refractivity contribution in [2.75, 3.05) is 18.4 Å². The summed E-state index contributed by atoms with van der Waals surface area (Å²) in [4.78, 5) is 102. The third-order valence-electron chi connectivity index (χ3n) is 23.7. The Morgan fingerprint density at radius 3 is 1.11 bits per heavy atom. The molecule has 2 atom stereocenters. The van der Waals surface area contributed by atoms with E-state index in [-0.39, 0.29) is 77.9 Å². The van der Waals surface area contributed by atoms with Crippen LogP contribution in [-0.2, 0) is 39.6 Å². The Morgan fingerprint density at radius 2 is 0.736 bits per heavy atom. The first kappa shape index (κ1) is 111. The highest BCUT2D eigenvalue weighted by Crippen LogP contribution is 2.45. The summed E-state index contributed by atoms with van der Waals surface area (Å²) in [7, 11) is 0. The van der Waals surface area contributed by atoms with Gasteiger partial charge >= 0.3 is 6.18 Å². The summed E-state index contributed by atoms with van der Waals surface area (Å²) in [5, 5.41) is 25.6. The van der Waals surface area contributed by atoms with Crippen LogP contribution in [0.2, 0.25) is 0 Å². The third-order valence-corrected chi connectivity index (χ3v) is 23.7. The number of hydrogen-bond donors (Lipinski definition) is 6. The second-order valence-corrected chi connectivity index (χ2v) is 37.8. The second-order valence-electron chi connectivity index (χ2n) is 37.8. The molecule has 0 aliphatic heterocycles. The van der Waals surface area contributed by atoms with Crippen molar-refractivity contribution in [3.63, 3.8) is 0 Å². The zero-order chi connectivity index (χ0) is 105. The summed E-state index contributed by atoms with van der Waals surface area (Å²) >= 11 is 0. The minimum Gasteiger partial charge on any atom is -0.487 e. The van der Waals surface area contributed by atoms with E-state index in [1.807, 2.05) is 91.1 Å². The van der Waals surface area contributed by atoms with Gasteiger partial charge in [-0.25, -0.2) is 22.5 Å². The van der Waals surface area contributed by atoms with Crippen LogP contribution >= 0.6 is 0 Å². The van der Waals surface area contributed by atoms with E-state index in [0.29, 0.717) is 149 Å². The van der Waals surface area contributed by atoms with E-state index in [2.05, 4.69) is 109 Å². The monoisotopic (exact) mass is 2020 g/mol. The summed E-state index contributed by atoms with van der Waals surface area (Å²) in [5.41, 5.74) is 8.46. The van der Waals surface area contributed by atoms with Crippen molar-refractivity contribution >= 4 is 41.3 Å². The molecule has 7 aromatic heterocycles. The molecule has 13 aromatic rings. The van der Waals surface area contributed by atoms with Crippen LogP contribution in [0.4, 0.5) is 36.6 Å². The fraction of sp³-hybridized carbons (Fsp3) is 0.322. The van der Waals surface area contributed by atoms with Gasteiger partial charge in [-0.05, 0) is 264 Å². The van der Waals surface area contributed by atoms with Gasteiger partial charge in [0.05, 0.1) is 79.2 Å². The van der Waals surface area contributed by atoms with Gasteiger partial charge in [0.2, 0.25) is 0 Å². The quantitative estimate of drug-likeness (QED) is 0.0199. The third kappa shape index (κ3) is 39.2. The lowest BCUT2D eigenvalue weighted by atomic mass is 9.84. The number of carbonyl (C=O) groups is 6. The molecule has 4 aliphatic carbocycles. The van der Waals surface area contributed by atoms with Crippen molar-refractivity contribution in [2.45, 2.75) is 189 Å². The lowest BCUT2D eigenvalue weighted by molar-refractivity contribution is -0.158. The van der Waals surface area contributed by atoms with E-state index in [1.54, 1.807) is 122 Å². The molecule has 33 heteroatoms. The molecule has 6 amide bonds. The largest absolute Gasteiger partial charge is 0.487 e. The number of benzene rings is 6. The molecule has 6 aromatic carbocycles. The smallest absolute Gasteiger partial charge is 0.408 e. The summed E-state index contributed by atoms with van der Waals surface area (Å²) in [6, 6.07) is 65.4. The number of alkyl halides is 3. The van der Waals surface area contributed by atoms with Crippen molar-refractivity contribution in [1.82, 2.24) is 61.5 Å². The Labute approximate surface area is 856 Å². The molecule has 0 radical (unpaired) electrons. The Bertz CT molecular complexity index is 6390. The van der Waals surface area contributed by atoms with Crippen LogP contribution in [0.15, 0.2) is 280 Å². The van der Waals surface area contributed by atoms with Gasteiger partial charge in [-0.3, -0.25) is 58.7 Å². The molecule has 0 spiro atoms. The average molecular weight is 2020 g/mol. The van der Waals surface area contributed by atoms with Crippen LogP contribution in [0, 0.1) is 76.5 Å². The van der Waals surface area contributed by atoms with E-state index in [0.717, 1.165) is 58.8 Å². The lowest BCUT2D eigenvalue weighted by Gasteiger charge is -2.28. The van der Waals surface area contributed by atoms with Gasteiger partial charge in [0.1, 0.15) is 109 Å². The molecule has 148 heavy (non-hydrogen) atoms. The van der Waals surface area contributed by atoms with Gasteiger partial charge in [-0.2, -0.15) is 18.4 Å². The maximum atomic E-state index is 13.1. The first-order valence-corrected chi connectivity index (χ1v) is 49.1. The number of nitriles is 1. The van der Waals surface area contributed by atoms with Gasteiger partial charge in [0, 0.05) is 98.9 Å². The standard InChI is InChI=1S/C22H25N3O2.C20H21FN2O2.C19H22F2N2O2.C19H17N3O2.C18H16F4N2O2.C17H20N2O2/c1-16(18-5-3-2-4-6-18)25-22(26)19-9-10-20(24-14-19)15-27-21-11-7-17(13-23)8-12-21;21-16-2-1-3-18(10-16)25-12-17-9-8-15(11-22-17)20(24)23-19(13-4-5-13)14-6-7-14;1-19(2,3)6-7-22-18(24)13-4-5-16(23-11-13)12-25-17-9-14(20)8-15(21)10-17;1-14-7-10-18(21-11-14)22-19(23)15-8-9-16(20-12-15)13-24-17-5-3-2-4-6-17;19-13-2-1-3-15(8-13)26-10-14-7-6-12(9-23-14)17(25)24-16(11-4-5-11)18(20,21)22;1-13(2)10-19-17(20)14-8-9-15(18-11-14)12-21-16-6-4-3-5-7-16/h7-12,14,16,18H,2-6,15H2,1H3,(H,25,26);1-3,8-11,13-14,19H,4-7,12H2,(H,23,24);4-5,8-11H,6-7,12H2,1-3H3,(H,22,24);2-12H,13H2,1H3,(H,21,22,23);1-3,6-9,11,16H,4-5,10H2,(H,24,25);3-9,11,13H,10,12H2,1-2H3,(H,19,20)/t16-;;;;;/m1...../s1. The van der Waals surface area contributed by atoms with Gasteiger partial charge in [0.25, 0.3) is 35.4 Å². The zero-order valence-electron chi connectivity index (χ0n) is 83.4.